The minimum Gasteiger partial charge on any atom is -0.308 e. The third kappa shape index (κ3) is 3.10. The molecular formula is C17H22N2S. The lowest BCUT2D eigenvalue weighted by Gasteiger charge is -2.21. The molecule has 0 radical (unpaired) electrons. The van der Waals surface area contributed by atoms with Crippen LogP contribution in [0, 0.1) is 0 Å². The fourth-order valence-electron chi connectivity index (χ4n) is 2.77. The Bertz CT molecular complexity index is 538. The smallest absolute Gasteiger partial charge is 0.110 e. The maximum absolute atomic E-state index is 4.84. The van der Waals surface area contributed by atoms with Crippen LogP contribution in [0.25, 0.3) is 11.3 Å². The van der Waals surface area contributed by atoms with Gasteiger partial charge in [-0.3, -0.25) is 0 Å². The van der Waals surface area contributed by atoms with Gasteiger partial charge in [-0.05, 0) is 31.4 Å². The van der Waals surface area contributed by atoms with Crippen LogP contribution in [-0.2, 0) is 6.42 Å². The van der Waals surface area contributed by atoms with E-state index in [0.717, 1.165) is 18.7 Å². The molecule has 2 heterocycles. The third-order valence-electron chi connectivity index (χ3n) is 3.92. The van der Waals surface area contributed by atoms with Crippen molar-refractivity contribution in [1.82, 2.24) is 10.3 Å². The summed E-state index contributed by atoms with van der Waals surface area (Å²) in [5, 5.41) is 7.02. The van der Waals surface area contributed by atoms with Crippen LogP contribution in [0.4, 0.5) is 0 Å². The molecule has 0 spiro atoms. The van der Waals surface area contributed by atoms with Crippen molar-refractivity contribution < 1.29 is 0 Å². The zero-order valence-electron chi connectivity index (χ0n) is 12.1. The molecule has 1 atom stereocenters. The van der Waals surface area contributed by atoms with E-state index in [1.807, 2.05) is 0 Å². The summed E-state index contributed by atoms with van der Waals surface area (Å²) in [6.07, 6.45) is 6.20. The van der Waals surface area contributed by atoms with Gasteiger partial charge in [-0.2, -0.15) is 0 Å². The van der Waals surface area contributed by atoms with Gasteiger partial charge >= 0.3 is 0 Å². The SMILES string of the molecule is CCCc1ccc(-c2csc(C3CCCCN3)n2)cc1. The lowest BCUT2D eigenvalue weighted by molar-refractivity contribution is 0.411. The van der Waals surface area contributed by atoms with Gasteiger partial charge in [0.1, 0.15) is 5.01 Å². The first-order chi connectivity index (χ1) is 9.86. The van der Waals surface area contributed by atoms with Gasteiger partial charge in [0.25, 0.3) is 0 Å². The Morgan fingerprint density at radius 1 is 1.25 bits per heavy atom. The van der Waals surface area contributed by atoms with Crippen LogP contribution in [-0.4, -0.2) is 11.5 Å². The third-order valence-corrected chi connectivity index (χ3v) is 4.88. The van der Waals surface area contributed by atoms with E-state index in [9.17, 15) is 0 Å². The van der Waals surface area contributed by atoms with E-state index in [2.05, 4.69) is 41.9 Å². The second kappa shape index (κ2) is 6.51. The van der Waals surface area contributed by atoms with Crippen molar-refractivity contribution in [2.24, 2.45) is 0 Å². The normalized spacial score (nSPS) is 19.1. The first-order valence-corrected chi connectivity index (χ1v) is 8.53. The molecule has 1 N–H and O–H groups in total. The quantitative estimate of drug-likeness (QED) is 0.890. The van der Waals surface area contributed by atoms with E-state index in [1.165, 1.54) is 41.8 Å². The Morgan fingerprint density at radius 2 is 2.10 bits per heavy atom. The molecular weight excluding hydrogens is 264 g/mol. The largest absolute Gasteiger partial charge is 0.308 e. The molecule has 1 aromatic carbocycles. The van der Waals surface area contributed by atoms with Crippen LogP contribution in [0.2, 0.25) is 0 Å². The molecule has 2 nitrogen and oxygen atoms in total. The lowest BCUT2D eigenvalue weighted by Crippen LogP contribution is -2.26. The van der Waals surface area contributed by atoms with Crippen molar-refractivity contribution in [1.29, 1.82) is 0 Å². The summed E-state index contributed by atoms with van der Waals surface area (Å²) in [4.78, 5) is 4.84. The molecule has 1 aromatic heterocycles. The number of hydrogen-bond donors (Lipinski definition) is 1. The van der Waals surface area contributed by atoms with Gasteiger partial charge in [-0.15, -0.1) is 11.3 Å². The minimum absolute atomic E-state index is 0.474. The lowest BCUT2D eigenvalue weighted by atomic mass is 10.1. The number of hydrogen-bond acceptors (Lipinski definition) is 3. The predicted octanol–water partition coefficient (Wildman–Crippen LogP) is 4.58. The molecule has 0 amide bonds. The average Bonchev–Trinajstić information content (AvgIpc) is 2.99. The van der Waals surface area contributed by atoms with Gasteiger partial charge in [0.2, 0.25) is 0 Å². The van der Waals surface area contributed by atoms with Crippen LogP contribution in [0.3, 0.4) is 0 Å². The molecule has 1 unspecified atom stereocenters. The van der Waals surface area contributed by atoms with Crippen LogP contribution < -0.4 is 5.32 Å². The van der Waals surface area contributed by atoms with Gasteiger partial charge in [-0.25, -0.2) is 4.98 Å². The Hall–Kier alpha value is -1.19. The van der Waals surface area contributed by atoms with E-state index in [-0.39, 0.29) is 0 Å². The number of nitrogens with zero attached hydrogens (tertiary/aromatic N) is 1. The molecule has 1 aliphatic heterocycles. The van der Waals surface area contributed by atoms with E-state index in [4.69, 9.17) is 4.98 Å². The number of nitrogens with one attached hydrogen (secondary N) is 1. The highest BCUT2D eigenvalue weighted by atomic mass is 32.1. The Kier molecular flexibility index (Phi) is 4.48. The van der Waals surface area contributed by atoms with Gasteiger partial charge in [0.15, 0.2) is 0 Å². The molecule has 0 saturated carbocycles. The maximum Gasteiger partial charge on any atom is 0.110 e. The highest BCUT2D eigenvalue weighted by Gasteiger charge is 2.18. The van der Waals surface area contributed by atoms with Gasteiger partial charge < -0.3 is 5.32 Å². The highest BCUT2D eigenvalue weighted by Crippen LogP contribution is 2.29. The summed E-state index contributed by atoms with van der Waals surface area (Å²) >= 11 is 1.79. The monoisotopic (exact) mass is 286 g/mol. The van der Waals surface area contributed by atoms with Crippen LogP contribution in [0.1, 0.15) is 49.2 Å². The Labute approximate surface area is 125 Å². The molecule has 0 aliphatic carbocycles. The molecule has 2 aromatic rings. The summed E-state index contributed by atoms with van der Waals surface area (Å²) in [5.41, 5.74) is 3.78. The molecule has 106 valence electrons. The number of benzene rings is 1. The predicted molar refractivity (Wildman–Crippen MR) is 86.1 cm³/mol. The summed E-state index contributed by atoms with van der Waals surface area (Å²) in [7, 11) is 0. The molecule has 3 heteroatoms. The second-order valence-electron chi connectivity index (χ2n) is 5.52. The average molecular weight is 286 g/mol. The molecule has 20 heavy (non-hydrogen) atoms. The molecule has 0 bridgehead atoms. The van der Waals surface area contributed by atoms with Gasteiger partial charge in [0.05, 0.1) is 11.7 Å². The maximum atomic E-state index is 4.84. The van der Waals surface area contributed by atoms with Gasteiger partial charge in [0, 0.05) is 10.9 Å². The molecule has 1 fully saturated rings. The van der Waals surface area contributed by atoms with Crippen LogP contribution >= 0.6 is 11.3 Å². The van der Waals surface area contributed by atoms with E-state index < -0.39 is 0 Å². The first-order valence-electron chi connectivity index (χ1n) is 7.65. The number of piperidine rings is 1. The molecule has 1 saturated heterocycles. The van der Waals surface area contributed by atoms with Crippen LogP contribution in [0.15, 0.2) is 29.6 Å². The summed E-state index contributed by atoms with van der Waals surface area (Å²) in [5.74, 6) is 0. The van der Waals surface area contributed by atoms with Gasteiger partial charge in [-0.1, -0.05) is 44.0 Å². The van der Waals surface area contributed by atoms with Crippen molar-refractivity contribution in [2.75, 3.05) is 6.54 Å². The van der Waals surface area contributed by atoms with E-state index >= 15 is 0 Å². The molecule has 3 rings (SSSR count). The van der Waals surface area contributed by atoms with E-state index in [0.29, 0.717) is 6.04 Å². The summed E-state index contributed by atoms with van der Waals surface area (Å²) in [6, 6.07) is 9.35. The van der Waals surface area contributed by atoms with Crippen molar-refractivity contribution in [3.63, 3.8) is 0 Å². The second-order valence-corrected chi connectivity index (χ2v) is 6.41. The fourth-order valence-corrected chi connectivity index (χ4v) is 3.71. The summed E-state index contributed by atoms with van der Waals surface area (Å²) in [6.45, 7) is 3.35. The number of aryl methyl sites for hydroxylation is 1. The van der Waals surface area contributed by atoms with Crippen molar-refractivity contribution >= 4 is 11.3 Å². The number of aromatic nitrogens is 1. The minimum atomic E-state index is 0.474. The topological polar surface area (TPSA) is 24.9 Å². The number of rotatable bonds is 4. The highest BCUT2D eigenvalue weighted by molar-refractivity contribution is 7.10. The van der Waals surface area contributed by atoms with Crippen LogP contribution in [0.5, 0.6) is 0 Å². The van der Waals surface area contributed by atoms with Crippen molar-refractivity contribution in [3.8, 4) is 11.3 Å². The zero-order chi connectivity index (χ0) is 13.8. The fraction of sp³-hybridized carbons (Fsp3) is 0.471. The standard InChI is InChI=1S/C17H22N2S/c1-2-5-13-7-9-14(10-8-13)16-12-20-17(19-16)15-6-3-4-11-18-15/h7-10,12,15,18H,2-6,11H2,1H3. The zero-order valence-corrected chi connectivity index (χ0v) is 12.9. The Balaban J connectivity index is 1.75. The number of thiazole rings is 1. The van der Waals surface area contributed by atoms with Crippen molar-refractivity contribution in [2.45, 2.75) is 45.1 Å². The first kappa shape index (κ1) is 13.8. The van der Waals surface area contributed by atoms with E-state index in [1.54, 1.807) is 11.3 Å². The summed E-state index contributed by atoms with van der Waals surface area (Å²) < 4.78 is 0. The Morgan fingerprint density at radius 3 is 2.80 bits per heavy atom. The molecule has 1 aliphatic rings. The van der Waals surface area contributed by atoms with Crippen molar-refractivity contribution in [3.05, 3.63) is 40.2 Å².